The summed E-state index contributed by atoms with van der Waals surface area (Å²) >= 11 is 0. The Bertz CT molecular complexity index is 219. The molecule has 2 fully saturated rings. The van der Waals surface area contributed by atoms with Crippen molar-refractivity contribution in [3.63, 3.8) is 0 Å². The lowest BCUT2D eigenvalue weighted by molar-refractivity contribution is -0.166. The molecule has 2 aliphatic rings. The van der Waals surface area contributed by atoms with Gasteiger partial charge in [-0.3, -0.25) is 0 Å². The maximum absolute atomic E-state index is 12.6. The molecule has 0 aromatic rings. The molecular formula is C10H16F3NO. The van der Waals surface area contributed by atoms with Gasteiger partial charge in [0, 0.05) is 13.2 Å². The second-order valence-corrected chi connectivity index (χ2v) is 4.52. The second kappa shape index (κ2) is 3.94. The predicted molar refractivity (Wildman–Crippen MR) is 49.6 cm³/mol. The largest absolute Gasteiger partial charge is 0.406 e. The van der Waals surface area contributed by atoms with Crippen molar-refractivity contribution in [3.8, 4) is 0 Å². The summed E-state index contributed by atoms with van der Waals surface area (Å²) in [4.78, 5) is 0. The van der Waals surface area contributed by atoms with Crippen molar-refractivity contribution in [1.29, 1.82) is 0 Å². The molecule has 0 aromatic heterocycles. The number of hydrogen-bond acceptors (Lipinski definition) is 2. The molecule has 1 saturated carbocycles. The maximum Gasteiger partial charge on any atom is 0.406 e. The fourth-order valence-electron chi connectivity index (χ4n) is 1.98. The van der Waals surface area contributed by atoms with Crippen LogP contribution in [0.1, 0.15) is 25.7 Å². The van der Waals surface area contributed by atoms with E-state index in [1.54, 1.807) is 0 Å². The monoisotopic (exact) mass is 223 g/mol. The first kappa shape index (κ1) is 11.2. The molecule has 88 valence electrons. The van der Waals surface area contributed by atoms with Crippen molar-refractivity contribution in [2.75, 3.05) is 19.8 Å². The summed E-state index contributed by atoms with van der Waals surface area (Å²) < 4.78 is 42.9. The Kier molecular flexibility index (Phi) is 2.94. The zero-order chi connectivity index (χ0) is 10.9. The van der Waals surface area contributed by atoms with Gasteiger partial charge in [-0.05, 0) is 38.1 Å². The van der Waals surface area contributed by atoms with Crippen LogP contribution in [0.5, 0.6) is 0 Å². The van der Waals surface area contributed by atoms with Gasteiger partial charge in [-0.1, -0.05) is 0 Å². The molecule has 1 heterocycles. The van der Waals surface area contributed by atoms with Crippen LogP contribution in [0.15, 0.2) is 0 Å². The van der Waals surface area contributed by atoms with Crippen LogP contribution >= 0.6 is 0 Å². The minimum Gasteiger partial charge on any atom is -0.381 e. The summed E-state index contributed by atoms with van der Waals surface area (Å²) in [7, 11) is 0. The molecule has 0 bridgehead atoms. The van der Waals surface area contributed by atoms with E-state index in [1.807, 2.05) is 0 Å². The SMILES string of the molecule is FC(F)(F)C1(NCC2CCOCC2)CC1. The fourth-order valence-corrected chi connectivity index (χ4v) is 1.98. The van der Waals surface area contributed by atoms with Crippen molar-refractivity contribution < 1.29 is 17.9 Å². The van der Waals surface area contributed by atoms with Gasteiger partial charge in [-0.25, -0.2) is 0 Å². The summed E-state index contributed by atoms with van der Waals surface area (Å²) in [5.41, 5.74) is -1.55. The Morgan fingerprint density at radius 1 is 1.20 bits per heavy atom. The number of nitrogens with one attached hydrogen (secondary N) is 1. The van der Waals surface area contributed by atoms with Gasteiger partial charge in [0.05, 0.1) is 0 Å². The highest BCUT2D eigenvalue weighted by atomic mass is 19.4. The lowest BCUT2D eigenvalue weighted by atomic mass is 10.00. The normalized spacial score (nSPS) is 26.6. The van der Waals surface area contributed by atoms with Crippen molar-refractivity contribution in [2.45, 2.75) is 37.4 Å². The van der Waals surface area contributed by atoms with Crippen LogP contribution in [0.2, 0.25) is 0 Å². The molecule has 0 aromatic carbocycles. The zero-order valence-electron chi connectivity index (χ0n) is 8.57. The Balaban J connectivity index is 1.77. The molecule has 2 nitrogen and oxygen atoms in total. The molecule has 2 rings (SSSR count). The quantitative estimate of drug-likeness (QED) is 0.791. The molecule has 1 aliphatic heterocycles. The summed E-state index contributed by atoms with van der Waals surface area (Å²) in [5.74, 6) is 0.346. The third-order valence-electron chi connectivity index (χ3n) is 3.36. The van der Waals surface area contributed by atoms with E-state index >= 15 is 0 Å². The Morgan fingerprint density at radius 2 is 1.80 bits per heavy atom. The van der Waals surface area contributed by atoms with E-state index in [-0.39, 0.29) is 12.8 Å². The number of halogens is 3. The molecule has 1 aliphatic carbocycles. The summed E-state index contributed by atoms with van der Waals surface area (Å²) in [6.07, 6.45) is -1.86. The van der Waals surface area contributed by atoms with Gasteiger partial charge in [0.25, 0.3) is 0 Å². The summed E-state index contributed by atoms with van der Waals surface area (Å²) in [5, 5.41) is 2.70. The van der Waals surface area contributed by atoms with Gasteiger partial charge in [0.1, 0.15) is 5.54 Å². The molecular weight excluding hydrogens is 207 g/mol. The average molecular weight is 223 g/mol. The van der Waals surface area contributed by atoms with E-state index in [4.69, 9.17) is 4.74 Å². The van der Waals surface area contributed by atoms with Crippen molar-refractivity contribution in [2.24, 2.45) is 5.92 Å². The minimum atomic E-state index is -4.09. The highest BCUT2D eigenvalue weighted by Gasteiger charge is 2.63. The van der Waals surface area contributed by atoms with Gasteiger partial charge >= 0.3 is 6.18 Å². The van der Waals surface area contributed by atoms with Gasteiger partial charge in [0.2, 0.25) is 0 Å². The number of hydrogen-bond donors (Lipinski definition) is 1. The highest BCUT2D eigenvalue weighted by Crippen LogP contribution is 2.49. The number of rotatable bonds is 3. The van der Waals surface area contributed by atoms with Gasteiger partial charge in [0.15, 0.2) is 0 Å². The molecule has 1 N–H and O–H groups in total. The standard InChI is InChI=1S/C10H16F3NO/c11-10(12,13)9(3-4-9)14-7-8-1-5-15-6-2-8/h8,14H,1-7H2. The smallest absolute Gasteiger partial charge is 0.381 e. The average Bonchev–Trinajstić information content (AvgIpc) is 2.96. The van der Waals surface area contributed by atoms with Crippen LogP contribution in [-0.2, 0) is 4.74 Å². The molecule has 0 amide bonds. The van der Waals surface area contributed by atoms with Gasteiger partial charge < -0.3 is 10.1 Å². The predicted octanol–water partition coefficient (Wildman–Crippen LogP) is 2.10. The summed E-state index contributed by atoms with van der Waals surface area (Å²) in [6, 6.07) is 0. The molecule has 15 heavy (non-hydrogen) atoms. The Morgan fingerprint density at radius 3 is 2.27 bits per heavy atom. The van der Waals surface area contributed by atoms with E-state index in [1.165, 1.54) is 0 Å². The van der Waals surface area contributed by atoms with Crippen LogP contribution in [0.4, 0.5) is 13.2 Å². The van der Waals surface area contributed by atoms with Crippen LogP contribution in [0.3, 0.4) is 0 Å². The lowest BCUT2D eigenvalue weighted by Crippen LogP contribution is -2.47. The first-order valence-corrected chi connectivity index (χ1v) is 5.43. The highest BCUT2D eigenvalue weighted by molar-refractivity contribution is 5.08. The maximum atomic E-state index is 12.6. The number of alkyl halides is 3. The van der Waals surface area contributed by atoms with Gasteiger partial charge in [-0.2, -0.15) is 13.2 Å². The Hall–Kier alpha value is -0.290. The second-order valence-electron chi connectivity index (χ2n) is 4.52. The van der Waals surface area contributed by atoms with Crippen molar-refractivity contribution in [1.82, 2.24) is 5.32 Å². The van der Waals surface area contributed by atoms with Gasteiger partial charge in [-0.15, -0.1) is 0 Å². The molecule has 0 spiro atoms. The van der Waals surface area contributed by atoms with Crippen LogP contribution in [0.25, 0.3) is 0 Å². The topological polar surface area (TPSA) is 21.3 Å². The van der Waals surface area contributed by atoms with Crippen LogP contribution < -0.4 is 5.32 Å². The lowest BCUT2D eigenvalue weighted by Gasteiger charge is -2.26. The third-order valence-corrected chi connectivity index (χ3v) is 3.36. The first-order valence-electron chi connectivity index (χ1n) is 5.43. The van der Waals surface area contributed by atoms with Crippen molar-refractivity contribution >= 4 is 0 Å². The first-order chi connectivity index (χ1) is 7.04. The van der Waals surface area contributed by atoms with E-state index < -0.39 is 11.7 Å². The van der Waals surface area contributed by atoms with E-state index in [2.05, 4.69) is 5.32 Å². The third kappa shape index (κ3) is 2.45. The zero-order valence-corrected chi connectivity index (χ0v) is 8.57. The van der Waals surface area contributed by atoms with Crippen LogP contribution in [0, 0.1) is 5.92 Å². The molecule has 1 saturated heterocycles. The van der Waals surface area contributed by atoms with E-state index in [0.29, 0.717) is 25.7 Å². The van der Waals surface area contributed by atoms with E-state index in [0.717, 1.165) is 12.8 Å². The van der Waals surface area contributed by atoms with E-state index in [9.17, 15) is 13.2 Å². The fraction of sp³-hybridized carbons (Fsp3) is 1.00. The molecule has 5 heteroatoms. The molecule has 0 atom stereocenters. The van der Waals surface area contributed by atoms with Crippen molar-refractivity contribution in [3.05, 3.63) is 0 Å². The molecule has 0 radical (unpaired) electrons. The minimum absolute atomic E-state index is 0.236. The number of ether oxygens (including phenoxy) is 1. The summed E-state index contributed by atoms with van der Waals surface area (Å²) in [6.45, 7) is 1.85. The van der Waals surface area contributed by atoms with Crippen LogP contribution in [-0.4, -0.2) is 31.5 Å². The molecule has 0 unspecified atom stereocenters. The Labute approximate surface area is 87.2 Å².